The van der Waals surface area contributed by atoms with Crippen molar-refractivity contribution in [1.29, 1.82) is 0 Å². The van der Waals surface area contributed by atoms with Gasteiger partial charge in [-0.3, -0.25) is 9.59 Å². The van der Waals surface area contributed by atoms with Crippen LogP contribution in [0.15, 0.2) is 85.1 Å². The second-order valence-corrected chi connectivity index (χ2v) is 23.7. The summed E-state index contributed by atoms with van der Waals surface area (Å²) in [6.07, 6.45) is 81.4. The van der Waals surface area contributed by atoms with Crippen LogP contribution in [0.4, 0.5) is 0 Å². The predicted octanol–water partition coefficient (Wildman–Crippen LogP) is 20.7. The molecule has 1 N–H and O–H groups in total. The van der Waals surface area contributed by atoms with Crippen LogP contribution in [-0.4, -0.2) is 87.4 Å². The normalized spacial score (nSPS) is 13.2. The van der Waals surface area contributed by atoms with Crippen molar-refractivity contribution in [2.24, 2.45) is 0 Å². The first kappa shape index (κ1) is 77.5. The van der Waals surface area contributed by atoms with Crippen LogP contribution in [0.25, 0.3) is 0 Å². The number of likely N-dealkylation sites (N-methyl/N-ethyl adjacent to an activating group) is 1. The lowest BCUT2D eigenvalue weighted by atomic mass is 10.0. The topological polar surface area (TPSA) is 108 Å². The van der Waals surface area contributed by atoms with Gasteiger partial charge in [-0.1, -0.05) is 279 Å². The van der Waals surface area contributed by atoms with Crippen molar-refractivity contribution in [2.75, 3.05) is 47.5 Å². The number of aliphatic carboxylic acids is 1. The van der Waals surface area contributed by atoms with Crippen LogP contribution in [-0.2, 0) is 33.3 Å². The molecule has 0 fully saturated rings. The number of carboxylic acid groups (broad SMARTS) is 1. The summed E-state index contributed by atoms with van der Waals surface area (Å²) in [5, 5.41) is 9.71. The maximum atomic E-state index is 12.9. The van der Waals surface area contributed by atoms with E-state index in [0.717, 1.165) is 83.5 Å². The van der Waals surface area contributed by atoms with Gasteiger partial charge in [0.2, 0.25) is 0 Å². The molecule has 2 atom stereocenters. The van der Waals surface area contributed by atoms with E-state index in [1.54, 1.807) is 0 Å². The van der Waals surface area contributed by atoms with Crippen LogP contribution in [0.5, 0.6) is 0 Å². The fourth-order valence-electron chi connectivity index (χ4n) is 9.48. The van der Waals surface area contributed by atoms with E-state index in [9.17, 15) is 19.5 Å². The van der Waals surface area contributed by atoms with Crippen LogP contribution in [0.1, 0.15) is 296 Å². The van der Waals surface area contributed by atoms with Gasteiger partial charge in [0, 0.05) is 12.8 Å². The van der Waals surface area contributed by atoms with Crippen LogP contribution < -0.4 is 0 Å². The number of rotatable bonds is 62. The minimum absolute atomic E-state index is 0.181. The number of nitrogens with zero attached hydrogens (tertiary/aromatic N) is 1. The van der Waals surface area contributed by atoms with Gasteiger partial charge < -0.3 is 28.5 Å². The van der Waals surface area contributed by atoms with Crippen molar-refractivity contribution in [2.45, 2.75) is 309 Å². The van der Waals surface area contributed by atoms with Crippen molar-refractivity contribution < 1.29 is 42.9 Å². The summed E-state index contributed by atoms with van der Waals surface area (Å²) in [6, 6.07) is 0. The van der Waals surface area contributed by atoms with Crippen molar-refractivity contribution in [3.8, 4) is 0 Å². The zero-order chi connectivity index (χ0) is 59.1. The third-order valence-electron chi connectivity index (χ3n) is 14.6. The number of carboxylic acids is 1. The summed E-state index contributed by atoms with van der Waals surface area (Å²) < 4.78 is 22.9. The van der Waals surface area contributed by atoms with E-state index in [-0.39, 0.29) is 32.2 Å². The zero-order valence-corrected chi connectivity index (χ0v) is 53.4. The SMILES string of the molecule is CC/C=C\C/C=C\C/C=C\C/C=C\CCCCCCC(=O)OC(COC(=O)CCCCCCCCCCCCCCCCCCCCCCCCCC/C=C\C/C=C\C/C=C\CCCCCCC)COC(OCC[N+](C)(C)C)C(=O)O. The molecule has 0 aromatic rings. The van der Waals surface area contributed by atoms with E-state index >= 15 is 0 Å². The highest BCUT2D eigenvalue weighted by Crippen LogP contribution is 2.17. The van der Waals surface area contributed by atoms with E-state index in [1.165, 1.54) is 180 Å². The first-order valence-electron chi connectivity index (χ1n) is 33.8. The third kappa shape index (κ3) is 63.9. The monoisotopic (exact) mass is 1130 g/mol. The Labute approximate surface area is 500 Å². The maximum Gasteiger partial charge on any atom is 0.361 e. The van der Waals surface area contributed by atoms with Gasteiger partial charge in [0.05, 0.1) is 34.4 Å². The molecule has 0 spiro atoms. The van der Waals surface area contributed by atoms with Crippen LogP contribution in [0.3, 0.4) is 0 Å². The maximum absolute atomic E-state index is 12.9. The van der Waals surface area contributed by atoms with E-state index in [1.807, 2.05) is 21.1 Å². The average molecular weight is 1140 g/mol. The smallest absolute Gasteiger partial charge is 0.361 e. The molecule has 2 unspecified atom stereocenters. The molecule has 9 heteroatoms. The number of carbonyl (C=O) groups excluding carboxylic acids is 2. The number of unbranched alkanes of at least 4 members (excludes halogenated alkanes) is 33. The standard InChI is InChI=1S/C72H127NO8/c1-6-8-10-12-14-16-18-20-22-24-25-26-27-28-29-30-31-32-33-34-35-36-37-38-39-40-41-42-43-44-45-47-48-50-52-54-56-58-60-62-69(74)79-66-68(67-80-72(71(76)77)78-65-64-73(3,4)5)81-70(75)63-61-59-57-55-53-51-49-46-23-21-19-17-15-13-11-9-7-2/h9,11,15,17-18,20-21,23-25,27-28,49,51,68,72H,6-8,10,12-14,16,19,22,26,29-48,50,52-67H2,1-5H3/p+1/b11-9-,17-15-,20-18-,23-21-,25-24-,28-27-,51-49-. The van der Waals surface area contributed by atoms with Gasteiger partial charge in [-0.15, -0.1) is 0 Å². The summed E-state index contributed by atoms with van der Waals surface area (Å²) in [6.45, 7) is 4.74. The third-order valence-corrected chi connectivity index (χ3v) is 14.6. The molecule has 0 aliphatic rings. The number of esters is 2. The van der Waals surface area contributed by atoms with Crippen molar-refractivity contribution in [3.05, 3.63) is 85.1 Å². The minimum atomic E-state index is -1.52. The molecular weight excluding hydrogens is 1010 g/mol. The van der Waals surface area contributed by atoms with Gasteiger partial charge in [0.15, 0.2) is 6.10 Å². The average Bonchev–Trinajstić information content (AvgIpc) is 3.44. The molecule has 81 heavy (non-hydrogen) atoms. The summed E-state index contributed by atoms with van der Waals surface area (Å²) >= 11 is 0. The second kappa shape index (κ2) is 62.5. The largest absolute Gasteiger partial charge is 0.477 e. The molecule has 0 bridgehead atoms. The molecule has 0 heterocycles. The molecule has 468 valence electrons. The molecule has 0 aromatic heterocycles. The van der Waals surface area contributed by atoms with E-state index < -0.39 is 24.3 Å². The van der Waals surface area contributed by atoms with Gasteiger partial charge in [-0.05, 0) is 89.9 Å². The van der Waals surface area contributed by atoms with E-state index in [2.05, 4.69) is 98.9 Å². The van der Waals surface area contributed by atoms with Gasteiger partial charge in [-0.2, -0.15) is 0 Å². The lowest BCUT2D eigenvalue weighted by Gasteiger charge is -2.25. The van der Waals surface area contributed by atoms with Gasteiger partial charge in [0.1, 0.15) is 13.2 Å². The number of ether oxygens (including phenoxy) is 4. The fourth-order valence-corrected chi connectivity index (χ4v) is 9.48. The lowest BCUT2D eigenvalue weighted by Crippen LogP contribution is -2.40. The molecule has 0 aliphatic heterocycles. The van der Waals surface area contributed by atoms with Crippen LogP contribution >= 0.6 is 0 Å². The molecule has 0 rings (SSSR count). The summed E-state index contributed by atoms with van der Waals surface area (Å²) in [5.74, 6) is -2.03. The van der Waals surface area contributed by atoms with E-state index in [0.29, 0.717) is 23.9 Å². The Bertz CT molecular complexity index is 1600. The fraction of sp³-hybridized carbons (Fsp3) is 0.764. The quantitative estimate of drug-likeness (QED) is 0.0211. The number of carbonyl (C=O) groups is 3. The van der Waals surface area contributed by atoms with Crippen molar-refractivity contribution >= 4 is 17.9 Å². The highest BCUT2D eigenvalue weighted by Gasteiger charge is 2.25. The lowest BCUT2D eigenvalue weighted by molar-refractivity contribution is -0.870. The van der Waals surface area contributed by atoms with Gasteiger partial charge in [0.25, 0.3) is 6.29 Å². The number of quaternary nitrogens is 1. The van der Waals surface area contributed by atoms with E-state index in [4.69, 9.17) is 18.9 Å². The molecule has 0 saturated carbocycles. The van der Waals surface area contributed by atoms with Crippen molar-refractivity contribution in [3.63, 3.8) is 0 Å². The van der Waals surface area contributed by atoms with Crippen LogP contribution in [0.2, 0.25) is 0 Å². The van der Waals surface area contributed by atoms with Crippen LogP contribution in [0, 0.1) is 0 Å². The van der Waals surface area contributed by atoms with Gasteiger partial charge >= 0.3 is 17.9 Å². The first-order valence-corrected chi connectivity index (χ1v) is 33.8. The summed E-state index contributed by atoms with van der Waals surface area (Å²) in [5.41, 5.74) is 0. The molecule has 0 aliphatic carbocycles. The van der Waals surface area contributed by atoms with Crippen molar-refractivity contribution in [1.82, 2.24) is 0 Å². The Morgan fingerprint density at radius 2 is 0.704 bits per heavy atom. The molecular formula is C72H128NO8+. The number of allylic oxidation sites excluding steroid dienone is 14. The second-order valence-electron chi connectivity index (χ2n) is 23.7. The molecule has 0 aromatic carbocycles. The Morgan fingerprint density at radius 3 is 1.05 bits per heavy atom. The molecule has 9 nitrogen and oxygen atoms in total. The number of hydrogen-bond acceptors (Lipinski definition) is 7. The highest BCUT2D eigenvalue weighted by molar-refractivity contribution is 5.71. The Morgan fingerprint density at radius 1 is 0.383 bits per heavy atom. The first-order chi connectivity index (χ1) is 39.6. The molecule has 0 saturated heterocycles. The Hall–Kier alpha value is -3.53. The molecule has 0 radical (unpaired) electrons. The minimum Gasteiger partial charge on any atom is -0.477 e. The van der Waals surface area contributed by atoms with Gasteiger partial charge in [-0.25, -0.2) is 4.79 Å². The Balaban J connectivity index is 3.99. The highest BCUT2D eigenvalue weighted by atomic mass is 16.7. The summed E-state index contributed by atoms with van der Waals surface area (Å²) in [7, 11) is 5.96. The molecule has 0 amide bonds. The summed E-state index contributed by atoms with van der Waals surface area (Å²) in [4.78, 5) is 37.5. The number of hydrogen-bond donors (Lipinski definition) is 1. The predicted molar refractivity (Wildman–Crippen MR) is 346 cm³/mol. The Kier molecular flexibility index (Phi) is 59.8. The zero-order valence-electron chi connectivity index (χ0n) is 53.4.